The van der Waals surface area contributed by atoms with E-state index in [1.807, 2.05) is 0 Å². The standard InChI is InChI=1S/C31H40N2O/c1-6-7-8-9-13-29(34)23-26-12-10-11-14-30(26)31(24-15-19-27(20-16-24)32(2)3)25-17-21-28(22-18-25)33(4)5/h10-12,14-22,31H,6-9,13,23H2,1-5H3. The first kappa shape index (κ1) is 25.6. The molecule has 3 aromatic carbocycles. The van der Waals surface area contributed by atoms with E-state index in [0.29, 0.717) is 18.6 Å². The summed E-state index contributed by atoms with van der Waals surface area (Å²) in [7, 11) is 8.25. The number of benzene rings is 3. The van der Waals surface area contributed by atoms with Gasteiger partial charge in [0.2, 0.25) is 0 Å². The maximum Gasteiger partial charge on any atom is 0.137 e. The molecule has 180 valence electrons. The van der Waals surface area contributed by atoms with Crippen molar-refractivity contribution in [3.8, 4) is 0 Å². The fourth-order valence-electron chi connectivity index (χ4n) is 4.51. The quantitative estimate of drug-likeness (QED) is 0.215. The van der Waals surface area contributed by atoms with E-state index in [-0.39, 0.29) is 5.92 Å². The smallest absolute Gasteiger partial charge is 0.137 e. The Balaban J connectivity index is 1.97. The average molecular weight is 457 g/mol. The maximum atomic E-state index is 12.9. The predicted octanol–water partition coefficient (Wildman–Crippen LogP) is 7.08. The highest BCUT2D eigenvalue weighted by molar-refractivity contribution is 5.81. The Morgan fingerprint density at radius 1 is 0.706 bits per heavy atom. The Hall–Kier alpha value is -3.07. The van der Waals surface area contributed by atoms with Crippen LogP contribution in [0, 0.1) is 0 Å². The Labute approximate surface area is 206 Å². The van der Waals surface area contributed by atoms with Gasteiger partial charge in [0.25, 0.3) is 0 Å². The summed E-state index contributed by atoms with van der Waals surface area (Å²) in [6.07, 6.45) is 5.72. The van der Waals surface area contributed by atoms with Crippen LogP contribution >= 0.6 is 0 Å². The molecular weight excluding hydrogens is 416 g/mol. The highest BCUT2D eigenvalue weighted by Crippen LogP contribution is 2.36. The number of carbonyl (C=O) groups is 1. The van der Waals surface area contributed by atoms with E-state index >= 15 is 0 Å². The largest absolute Gasteiger partial charge is 0.378 e. The third-order valence-corrected chi connectivity index (χ3v) is 6.55. The third-order valence-electron chi connectivity index (χ3n) is 6.55. The summed E-state index contributed by atoms with van der Waals surface area (Å²) in [5.41, 5.74) is 7.21. The van der Waals surface area contributed by atoms with Gasteiger partial charge in [-0.25, -0.2) is 0 Å². The van der Waals surface area contributed by atoms with Crippen molar-refractivity contribution in [1.82, 2.24) is 0 Å². The lowest BCUT2D eigenvalue weighted by Gasteiger charge is -2.24. The minimum Gasteiger partial charge on any atom is -0.378 e. The molecule has 3 rings (SSSR count). The molecule has 0 amide bonds. The van der Waals surface area contributed by atoms with Gasteiger partial charge in [0.1, 0.15) is 5.78 Å². The van der Waals surface area contributed by atoms with Crippen LogP contribution in [-0.2, 0) is 11.2 Å². The van der Waals surface area contributed by atoms with Crippen molar-refractivity contribution in [2.75, 3.05) is 38.0 Å². The number of Topliss-reactive ketones (excluding diaryl/α,β-unsaturated/α-hetero) is 1. The van der Waals surface area contributed by atoms with E-state index in [1.165, 1.54) is 40.9 Å². The van der Waals surface area contributed by atoms with Crippen LogP contribution in [0.25, 0.3) is 0 Å². The van der Waals surface area contributed by atoms with Crippen molar-refractivity contribution >= 4 is 17.2 Å². The molecule has 3 heteroatoms. The number of hydrogen-bond acceptors (Lipinski definition) is 3. The van der Waals surface area contributed by atoms with Gasteiger partial charge in [-0.2, -0.15) is 0 Å². The molecule has 0 aliphatic rings. The Kier molecular flexibility index (Phi) is 9.33. The number of hydrogen-bond donors (Lipinski definition) is 0. The van der Waals surface area contributed by atoms with Gasteiger partial charge in [0, 0.05) is 58.3 Å². The maximum absolute atomic E-state index is 12.9. The van der Waals surface area contributed by atoms with Gasteiger partial charge in [0.05, 0.1) is 0 Å². The molecule has 0 N–H and O–H groups in total. The topological polar surface area (TPSA) is 23.6 Å². The second kappa shape index (κ2) is 12.4. The number of anilines is 2. The summed E-state index contributed by atoms with van der Waals surface area (Å²) in [5, 5.41) is 0. The molecule has 34 heavy (non-hydrogen) atoms. The molecule has 0 unspecified atom stereocenters. The Bertz CT molecular complexity index is 984. The van der Waals surface area contributed by atoms with Crippen molar-refractivity contribution in [2.24, 2.45) is 0 Å². The summed E-state index contributed by atoms with van der Waals surface area (Å²) < 4.78 is 0. The number of nitrogens with zero attached hydrogens (tertiary/aromatic N) is 2. The molecule has 0 aliphatic carbocycles. The molecule has 0 bridgehead atoms. The van der Waals surface area contributed by atoms with E-state index in [2.05, 4.69) is 118 Å². The molecule has 0 radical (unpaired) electrons. The van der Waals surface area contributed by atoms with Crippen molar-refractivity contribution in [1.29, 1.82) is 0 Å². The molecule has 0 aromatic heterocycles. The zero-order valence-corrected chi connectivity index (χ0v) is 21.6. The lowest BCUT2D eigenvalue weighted by Crippen LogP contribution is -2.12. The molecule has 0 saturated heterocycles. The average Bonchev–Trinajstić information content (AvgIpc) is 2.84. The first-order valence-electron chi connectivity index (χ1n) is 12.5. The van der Waals surface area contributed by atoms with E-state index in [1.54, 1.807) is 0 Å². The van der Waals surface area contributed by atoms with Crippen molar-refractivity contribution < 1.29 is 4.79 Å². The van der Waals surface area contributed by atoms with Crippen LogP contribution in [0.1, 0.15) is 67.2 Å². The van der Waals surface area contributed by atoms with Crippen LogP contribution in [0.4, 0.5) is 11.4 Å². The molecule has 0 heterocycles. The molecule has 0 fully saturated rings. The second-order valence-corrected chi connectivity index (χ2v) is 9.63. The zero-order valence-electron chi connectivity index (χ0n) is 21.6. The summed E-state index contributed by atoms with van der Waals surface area (Å²) >= 11 is 0. The van der Waals surface area contributed by atoms with Crippen molar-refractivity contribution in [2.45, 2.75) is 51.4 Å². The molecule has 0 aliphatic heterocycles. The summed E-state index contributed by atoms with van der Waals surface area (Å²) in [5.74, 6) is 0.421. The number of rotatable bonds is 12. The summed E-state index contributed by atoms with van der Waals surface area (Å²) in [6, 6.07) is 26.1. The highest BCUT2D eigenvalue weighted by atomic mass is 16.1. The summed E-state index contributed by atoms with van der Waals surface area (Å²) in [4.78, 5) is 17.1. The van der Waals surface area contributed by atoms with Gasteiger partial charge in [-0.15, -0.1) is 0 Å². The normalized spacial score (nSPS) is 11.0. The van der Waals surface area contributed by atoms with Gasteiger partial charge in [-0.3, -0.25) is 4.79 Å². The lowest BCUT2D eigenvalue weighted by atomic mass is 9.81. The van der Waals surface area contributed by atoms with Crippen LogP contribution in [-0.4, -0.2) is 34.0 Å². The van der Waals surface area contributed by atoms with Crippen LogP contribution in [0.3, 0.4) is 0 Å². The van der Waals surface area contributed by atoms with Gasteiger partial charge < -0.3 is 9.80 Å². The molecule has 3 aromatic rings. The van der Waals surface area contributed by atoms with Crippen LogP contribution in [0.2, 0.25) is 0 Å². The third kappa shape index (κ3) is 6.72. The van der Waals surface area contributed by atoms with E-state index in [9.17, 15) is 4.79 Å². The van der Waals surface area contributed by atoms with Crippen molar-refractivity contribution in [3.63, 3.8) is 0 Å². The van der Waals surface area contributed by atoms with Crippen LogP contribution in [0.15, 0.2) is 72.8 Å². The van der Waals surface area contributed by atoms with E-state index in [4.69, 9.17) is 0 Å². The SMILES string of the molecule is CCCCCCC(=O)Cc1ccccc1C(c1ccc(N(C)C)cc1)c1ccc(N(C)C)cc1. The van der Waals surface area contributed by atoms with Gasteiger partial charge in [-0.1, -0.05) is 74.7 Å². The van der Waals surface area contributed by atoms with Crippen LogP contribution in [0.5, 0.6) is 0 Å². The monoisotopic (exact) mass is 456 g/mol. The molecule has 0 spiro atoms. The van der Waals surface area contributed by atoms with Gasteiger partial charge in [-0.05, 0) is 52.9 Å². The molecule has 3 nitrogen and oxygen atoms in total. The first-order valence-corrected chi connectivity index (χ1v) is 12.5. The Morgan fingerprint density at radius 3 is 1.74 bits per heavy atom. The van der Waals surface area contributed by atoms with E-state index in [0.717, 1.165) is 18.4 Å². The first-order chi connectivity index (χ1) is 16.4. The second-order valence-electron chi connectivity index (χ2n) is 9.63. The lowest BCUT2D eigenvalue weighted by molar-refractivity contribution is -0.118. The van der Waals surface area contributed by atoms with Gasteiger partial charge >= 0.3 is 0 Å². The summed E-state index contributed by atoms with van der Waals surface area (Å²) in [6.45, 7) is 2.20. The highest BCUT2D eigenvalue weighted by Gasteiger charge is 2.21. The number of ketones is 1. The molecular formula is C31H40N2O. The van der Waals surface area contributed by atoms with Gasteiger partial charge in [0.15, 0.2) is 0 Å². The Morgan fingerprint density at radius 2 is 1.24 bits per heavy atom. The number of carbonyl (C=O) groups excluding carboxylic acids is 1. The minimum atomic E-state index is 0.0801. The van der Waals surface area contributed by atoms with Crippen molar-refractivity contribution in [3.05, 3.63) is 95.1 Å². The number of unbranched alkanes of at least 4 members (excludes halogenated alkanes) is 3. The fourth-order valence-corrected chi connectivity index (χ4v) is 4.51. The minimum absolute atomic E-state index is 0.0801. The predicted molar refractivity (Wildman–Crippen MR) is 146 cm³/mol. The van der Waals surface area contributed by atoms with E-state index < -0.39 is 0 Å². The zero-order chi connectivity index (χ0) is 24.5. The molecule has 0 atom stereocenters. The fraction of sp³-hybridized carbons (Fsp3) is 0.387. The van der Waals surface area contributed by atoms with Crippen LogP contribution < -0.4 is 9.80 Å². The molecule has 0 saturated carbocycles.